The highest BCUT2D eigenvalue weighted by atomic mass is 19.1. The molecule has 0 saturated heterocycles. The zero-order chi connectivity index (χ0) is 17.9. The van der Waals surface area contributed by atoms with Crippen LogP contribution in [0.15, 0.2) is 48.5 Å². The molecule has 2 aromatic carbocycles. The monoisotopic (exact) mass is 352 g/mol. The molecule has 26 heavy (non-hydrogen) atoms. The van der Waals surface area contributed by atoms with Crippen molar-refractivity contribution in [3.8, 4) is 5.75 Å². The van der Waals surface area contributed by atoms with Gasteiger partial charge in [-0.25, -0.2) is 4.39 Å². The molecule has 1 heterocycles. The molecule has 0 saturated carbocycles. The molecule has 5 heteroatoms. The van der Waals surface area contributed by atoms with Crippen molar-refractivity contribution >= 4 is 16.8 Å². The molecule has 134 valence electrons. The van der Waals surface area contributed by atoms with E-state index in [0.717, 1.165) is 47.2 Å². The molecule has 0 fully saturated rings. The Balaban J connectivity index is 1.34. The lowest BCUT2D eigenvalue weighted by Crippen LogP contribution is -2.39. The average Bonchev–Trinajstić information content (AvgIpc) is 3.00. The van der Waals surface area contributed by atoms with Crippen molar-refractivity contribution in [1.29, 1.82) is 0 Å². The van der Waals surface area contributed by atoms with Crippen LogP contribution in [0.4, 0.5) is 4.39 Å². The molecule has 1 unspecified atom stereocenters. The number of benzene rings is 2. The molecule has 0 aliphatic heterocycles. The quantitative estimate of drug-likeness (QED) is 0.735. The van der Waals surface area contributed by atoms with Crippen LogP contribution in [0.2, 0.25) is 0 Å². The van der Waals surface area contributed by atoms with Crippen molar-refractivity contribution < 1.29 is 13.9 Å². The van der Waals surface area contributed by atoms with E-state index in [1.165, 1.54) is 6.07 Å². The molecule has 1 aliphatic rings. The summed E-state index contributed by atoms with van der Waals surface area (Å²) in [5.74, 6) is 0.521. The first-order valence-corrected chi connectivity index (χ1v) is 8.95. The van der Waals surface area contributed by atoms with Crippen LogP contribution in [0.25, 0.3) is 10.9 Å². The molecule has 1 amide bonds. The van der Waals surface area contributed by atoms with Crippen molar-refractivity contribution in [2.24, 2.45) is 0 Å². The van der Waals surface area contributed by atoms with E-state index in [1.807, 2.05) is 30.3 Å². The first kappa shape index (κ1) is 16.6. The number of H-pyrrole nitrogens is 1. The van der Waals surface area contributed by atoms with E-state index >= 15 is 0 Å². The first-order valence-electron chi connectivity index (χ1n) is 8.95. The first-order chi connectivity index (χ1) is 12.7. The Bertz CT molecular complexity index is 920. The van der Waals surface area contributed by atoms with Gasteiger partial charge in [0.25, 0.3) is 0 Å². The fourth-order valence-corrected chi connectivity index (χ4v) is 3.59. The van der Waals surface area contributed by atoms with E-state index in [2.05, 4.69) is 10.3 Å². The molecular formula is C21H21FN2O2. The summed E-state index contributed by atoms with van der Waals surface area (Å²) in [5.41, 5.74) is 3.24. The van der Waals surface area contributed by atoms with Gasteiger partial charge in [-0.3, -0.25) is 4.79 Å². The van der Waals surface area contributed by atoms with Crippen LogP contribution < -0.4 is 10.1 Å². The fourth-order valence-electron chi connectivity index (χ4n) is 3.59. The van der Waals surface area contributed by atoms with E-state index in [4.69, 9.17) is 4.74 Å². The van der Waals surface area contributed by atoms with Gasteiger partial charge in [-0.2, -0.15) is 0 Å². The molecule has 0 bridgehead atoms. The lowest BCUT2D eigenvalue weighted by molar-refractivity contribution is -0.122. The normalized spacial score (nSPS) is 16.3. The molecule has 2 N–H and O–H groups in total. The number of ether oxygens (including phenoxy) is 1. The standard InChI is InChI=1S/C21H21FN2O2/c22-14-6-8-19-17(12-14)18-13-15(7-9-20(18)24-19)23-21(25)10-11-26-16-4-2-1-3-5-16/h1-6,8,12,15,24H,7,9-11,13H2,(H,23,25). The molecule has 1 aliphatic carbocycles. The number of carbonyl (C=O) groups is 1. The van der Waals surface area contributed by atoms with Crippen LogP contribution in [0, 0.1) is 5.82 Å². The fraction of sp³-hybridized carbons (Fsp3) is 0.286. The number of para-hydroxylation sites is 1. The minimum atomic E-state index is -0.233. The third kappa shape index (κ3) is 3.57. The summed E-state index contributed by atoms with van der Waals surface area (Å²) in [6.45, 7) is 0.353. The van der Waals surface area contributed by atoms with E-state index in [1.54, 1.807) is 12.1 Å². The summed E-state index contributed by atoms with van der Waals surface area (Å²) >= 11 is 0. The number of rotatable bonds is 5. The Morgan fingerprint density at radius 2 is 2.08 bits per heavy atom. The van der Waals surface area contributed by atoms with Crippen LogP contribution in [0.3, 0.4) is 0 Å². The lowest BCUT2D eigenvalue weighted by Gasteiger charge is -2.23. The highest BCUT2D eigenvalue weighted by Gasteiger charge is 2.23. The van der Waals surface area contributed by atoms with E-state index in [0.29, 0.717) is 13.0 Å². The molecule has 1 aromatic heterocycles. The highest BCUT2D eigenvalue weighted by molar-refractivity contribution is 5.85. The Morgan fingerprint density at radius 1 is 1.23 bits per heavy atom. The van der Waals surface area contributed by atoms with E-state index in [-0.39, 0.29) is 17.8 Å². The largest absolute Gasteiger partial charge is 0.493 e. The van der Waals surface area contributed by atoms with Crippen LogP contribution >= 0.6 is 0 Å². The number of amides is 1. The van der Waals surface area contributed by atoms with Crippen molar-refractivity contribution in [1.82, 2.24) is 10.3 Å². The van der Waals surface area contributed by atoms with E-state index in [9.17, 15) is 9.18 Å². The van der Waals surface area contributed by atoms with Gasteiger partial charge >= 0.3 is 0 Å². The maximum atomic E-state index is 13.6. The Kier molecular flexibility index (Phi) is 4.61. The highest BCUT2D eigenvalue weighted by Crippen LogP contribution is 2.29. The van der Waals surface area contributed by atoms with Gasteiger partial charge in [0.15, 0.2) is 0 Å². The number of aromatic amines is 1. The maximum absolute atomic E-state index is 13.6. The predicted molar refractivity (Wildman–Crippen MR) is 98.8 cm³/mol. The third-order valence-corrected chi connectivity index (χ3v) is 4.86. The zero-order valence-corrected chi connectivity index (χ0v) is 14.4. The summed E-state index contributed by atoms with van der Waals surface area (Å²) in [4.78, 5) is 15.6. The number of nitrogens with one attached hydrogen (secondary N) is 2. The summed E-state index contributed by atoms with van der Waals surface area (Å²) < 4.78 is 19.1. The third-order valence-electron chi connectivity index (χ3n) is 4.86. The second kappa shape index (κ2) is 7.20. The van der Waals surface area contributed by atoms with Crippen LogP contribution in [-0.4, -0.2) is 23.5 Å². The SMILES string of the molecule is O=C(CCOc1ccccc1)NC1CCc2[nH]c3ccc(F)cc3c2C1. The van der Waals surface area contributed by atoms with E-state index < -0.39 is 0 Å². The van der Waals surface area contributed by atoms with Gasteiger partial charge in [0, 0.05) is 22.6 Å². The molecule has 4 rings (SSSR count). The Labute approximate surface area is 151 Å². The molecule has 0 spiro atoms. The van der Waals surface area contributed by atoms with Gasteiger partial charge in [-0.15, -0.1) is 0 Å². The minimum absolute atomic E-state index is 0.0135. The Hall–Kier alpha value is -2.82. The second-order valence-electron chi connectivity index (χ2n) is 6.69. The smallest absolute Gasteiger partial charge is 0.223 e. The number of fused-ring (bicyclic) bond motifs is 3. The van der Waals surface area contributed by atoms with Crippen molar-refractivity contribution in [2.75, 3.05) is 6.61 Å². The maximum Gasteiger partial charge on any atom is 0.223 e. The van der Waals surface area contributed by atoms with Gasteiger partial charge < -0.3 is 15.0 Å². The van der Waals surface area contributed by atoms with Crippen LogP contribution in [0.5, 0.6) is 5.75 Å². The summed E-state index contributed by atoms with van der Waals surface area (Å²) in [7, 11) is 0. The molecule has 3 aromatic rings. The summed E-state index contributed by atoms with van der Waals surface area (Å²) in [5, 5.41) is 4.01. The average molecular weight is 352 g/mol. The number of carbonyl (C=O) groups excluding carboxylic acids is 1. The van der Waals surface area contributed by atoms with Crippen molar-refractivity contribution in [3.05, 3.63) is 65.6 Å². The second-order valence-corrected chi connectivity index (χ2v) is 6.69. The molecule has 1 atom stereocenters. The van der Waals surface area contributed by atoms with Crippen molar-refractivity contribution in [2.45, 2.75) is 31.7 Å². The molecule has 4 nitrogen and oxygen atoms in total. The van der Waals surface area contributed by atoms with Gasteiger partial charge in [0.1, 0.15) is 11.6 Å². The van der Waals surface area contributed by atoms with Gasteiger partial charge in [-0.05, 0) is 55.2 Å². The molecule has 0 radical (unpaired) electrons. The van der Waals surface area contributed by atoms with Gasteiger partial charge in [0.05, 0.1) is 13.0 Å². The minimum Gasteiger partial charge on any atom is -0.493 e. The number of aryl methyl sites for hydroxylation is 1. The Morgan fingerprint density at radius 3 is 2.92 bits per heavy atom. The van der Waals surface area contributed by atoms with Crippen LogP contribution in [0.1, 0.15) is 24.1 Å². The van der Waals surface area contributed by atoms with Gasteiger partial charge in [-0.1, -0.05) is 18.2 Å². The summed E-state index contributed by atoms with van der Waals surface area (Å²) in [6, 6.07) is 14.4. The number of halogens is 1. The predicted octanol–water partition coefficient (Wildman–Crippen LogP) is 3.75. The number of hydrogen-bond acceptors (Lipinski definition) is 2. The van der Waals surface area contributed by atoms with Crippen molar-refractivity contribution in [3.63, 3.8) is 0 Å². The number of hydrogen-bond donors (Lipinski definition) is 2. The lowest BCUT2D eigenvalue weighted by atomic mass is 9.91. The number of aromatic nitrogens is 1. The van der Waals surface area contributed by atoms with Crippen LogP contribution in [-0.2, 0) is 17.6 Å². The molecular weight excluding hydrogens is 331 g/mol. The zero-order valence-electron chi connectivity index (χ0n) is 14.4. The topological polar surface area (TPSA) is 54.1 Å². The van der Waals surface area contributed by atoms with Gasteiger partial charge in [0.2, 0.25) is 5.91 Å². The summed E-state index contributed by atoms with van der Waals surface area (Å²) in [6.07, 6.45) is 2.79.